The largest absolute Gasteiger partial charge is 0.347 e. The zero-order valence-electron chi connectivity index (χ0n) is 15.5. The van der Waals surface area contributed by atoms with Gasteiger partial charge in [0.2, 0.25) is 5.91 Å². The lowest BCUT2D eigenvalue weighted by Crippen LogP contribution is -2.23. The van der Waals surface area contributed by atoms with E-state index in [1.165, 1.54) is 18.3 Å². The first-order chi connectivity index (χ1) is 12.9. The molecule has 0 aliphatic heterocycles. The summed E-state index contributed by atoms with van der Waals surface area (Å²) < 4.78 is 0. The Kier molecular flexibility index (Phi) is 5.66. The molecule has 0 fully saturated rings. The number of carbonyl (C=O) groups excluding carboxylic acids is 2. The van der Waals surface area contributed by atoms with Crippen LogP contribution in [0.5, 0.6) is 0 Å². The minimum Gasteiger partial charge on any atom is -0.347 e. The van der Waals surface area contributed by atoms with Crippen LogP contribution in [0, 0.1) is 13.8 Å². The molecule has 3 rings (SSSR count). The third-order valence-electron chi connectivity index (χ3n) is 3.98. The van der Waals surface area contributed by atoms with Gasteiger partial charge in [0.05, 0.1) is 0 Å². The second-order valence-corrected chi connectivity index (χ2v) is 7.56. The molecule has 138 valence electrons. The van der Waals surface area contributed by atoms with Gasteiger partial charge in [-0.15, -0.1) is 11.3 Å². The van der Waals surface area contributed by atoms with E-state index in [1.54, 1.807) is 0 Å². The lowest BCUT2D eigenvalue weighted by atomic mass is 10.1. The van der Waals surface area contributed by atoms with E-state index in [-0.39, 0.29) is 11.8 Å². The van der Waals surface area contributed by atoms with E-state index in [2.05, 4.69) is 15.6 Å². The van der Waals surface area contributed by atoms with Crippen LogP contribution in [-0.2, 0) is 11.3 Å². The van der Waals surface area contributed by atoms with Gasteiger partial charge in [0, 0.05) is 29.6 Å². The number of hydrogen-bond donors (Lipinski definition) is 2. The van der Waals surface area contributed by atoms with Crippen LogP contribution in [0.15, 0.2) is 48.5 Å². The third kappa shape index (κ3) is 4.80. The molecule has 0 radical (unpaired) electrons. The molecule has 0 atom stereocenters. The molecular formula is C21H21N3O2S. The third-order valence-corrected chi connectivity index (χ3v) is 5.00. The Morgan fingerprint density at radius 3 is 2.59 bits per heavy atom. The minimum absolute atomic E-state index is 0.126. The lowest BCUT2D eigenvalue weighted by molar-refractivity contribution is -0.114. The van der Waals surface area contributed by atoms with Gasteiger partial charge in [-0.3, -0.25) is 9.59 Å². The topological polar surface area (TPSA) is 71.1 Å². The van der Waals surface area contributed by atoms with Crippen molar-refractivity contribution in [1.82, 2.24) is 10.3 Å². The van der Waals surface area contributed by atoms with Crippen LogP contribution in [0.25, 0.3) is 10.6 Å². The molecule has 2 amide bonds. The highest BCUT2D eigenvalue weighted by atomic mass is 32.1. The summed E-state index contributed by atoms with van der Waals surface area (Å²) in [6.07, 6.45) is 0. The Morgan fingerprint density at radius 1 is 1.07 bits per heavy atom. The van der Waals surface area contributed by atoms with Crippen molar-refractivity contribution < 1.29 is 9.59 Å². The van der Waals surface area contributed by atoms with E-state index in [0.29, 0.717) is 17.9 Å². The van der Waals surface area contributed by atoms with Crippen molar-refractivity contribution in [2.75, 3.05) is 5.32 Å². The summed E-state index contributed by atoms with van der Waals surface area (Å²) in [7, 11) is 0. The molecular weight excluding hydrogens is 358 g/mol. The molecule has 1 aromatic heterocycles. The van der Waals surface area contributed by atoms with Crippen molar-refractivity contribution in [2.24, 2.45) is 0 Å². The van der Waals surface area contributed by atoms with Gasteiger partial charge in [-0.25, -0.2) is 4.98 Å². The van der Waals surface area contributed by atoms with Crippen molar-refractivity contribution in [3.63, 3.8) is 0 Å². The van der Waals surface area contributed by atoms with E-state index in [4.69, 9.17) is 0 Å². The Bertz CT molecular complexity index is 995. The van der Waals surface area contributed by atoms with Gasteiger partial charge in [-0.2, -0.15) is 0 Å². The number of nitrogens with zero attached hydrogens (tertiary/aromatic N) is 1. The van der Waals surface area contributed by atoms with Gasteiger partial charge in [0.25, 0.3) is 5.91 Å². The minimum atomic E-state index is -0.186. The Balaban J connectivity index is 1.76. The fourth-order valence-corrected chi connectivity index (χ4v) is 3.66. The second kappa shape index (κ2) is 8.14. The number of aryl methyl sites for hydroxylation is 2. The fraction of sp³-hybridized carbons (Fsp3) is 0.190. The number of aromatic nitrogens is 1. The number of rotatable bonds is 5. The molecule has 2 aromatic carbocycles. The van der Waals surface area contributed by atoms with Gasteiger partial charge in [-0.05, 0) is 31.5 Å². The predicted octanol–water partition coefficient (Wildman–Crippen LogP) is 4.32. The standard InChI is InChI=1S/C21H21N3O2S/c1-13-6-4-7-16(10-13)12-22-20(26)19-14(2)27-21(24-19)17-8-5-9-18(11-17)23-15(3)25/h4-11H,12H2,1-3H3,(H,22,26)(H,23,25). The normalized spacial score (nSPS) is 10.5. The SMILES string of the molecule is CC(=O)Nc1cccc(-c2nc(C(=O)NCc3cccc(C)c3)c(C)s2)c1. The van der Waals surface area contributed by atoms with Gasteiger partial charge in [0.15, 0.2) is 0 Å². The highest BCUT2D eigenvalue weighted by Gasteiger charge is 2.16. The van der Waals surface area contributed by atoms with Crippen LogP contribution < -0.4 is 10.6 Å². The van der Waals surface area contributed by atoms with Gasteiger partial charge in [-0.1, -0.05) is 42.0 Å². The van der Waals surface area contributed by atoms with E-state index < -0.39 is 0 Å². The maximum absolute atomic E-state index is 12.6. The quantitative estimate of drug-likeness (QED) is 0.694. The molecule has 6 heteroatoms. The van der Waals surface area contributed by atoms with Crippen LogP contribution in [0.2, 0.25) is 0 Å². The summed E-state index contributed by atoms with van der Waals surface area (Å²) >= 11 is 1.46. The monoisotopic (exact) mass is 379 g/mol. The van der Waals surface area contributed by atoms with Gasteiger partial charge < -0.3 is 10.6 Å². The summed E-state index contributed by atoms with van der Waals surface area (Å²) in [6, 6.07) is 15.5. The van der Waals surface area contributed by atoms with Crippen molar-refractivity contribution in [1.29, 1.82) is 0 Å². The summed E-state index contributed by atoms with van der Waals surface area (Å²) in [5.74, 6) is -0.312. The number of amides is 2. The highest BCUT2D eigenvalue weighted by Crippen LogP contribution is 2.29. The molecule has 0 spiro atoms. The van der Waals surface area contributed by atoms with E-state index in [1.807, 2.05) is 62.4 Å². The number of anilines is 1. The molecule has 1 heterocycles. The van der Waals surface area contributed by atoms with Crippen molar-refractivity contribution in [2.45, 2.75) is 27.3 Å². The van der Waals surface area contributed by atoms with E-state index >= 15 is 0 Å². The smallest absolute Gasteiger partial charge is 0.271 e. The van der Waals surface area contributed by atoms with Crippen LogP contribution in [0.3, 0.4) is 0 Å². The molecule has 0 unspecified atom stereocenters. The number of hydrogen-bond acceptors (Lipinski definition) is 4. The predicted molar refractivity (Wildman–Crippen MR) is 109 cm³/mol. The first kappa shape index (κ1) is 18.8. The first-order valence-corrected chi connectivity index (χ1v) is 9.43. The molecule has 27 heavy (non-hydrogen) atoms. The van der Waals surface area contributed by atoms with Gasteiger partial charge in [0.1, 0.15) is 10.7 Å². The maximum Gasteiger partial charge on any atom is 0.271 e. The van der Waals surface area contributed by atoms with Crippen molar-refractivity contribution in [3.8, 4) is 10.6 Å². The summed E-state index contributed by atoms with van der Waals surface area (Å²) in [6.45, 7) is 5.85. The van der Waals surface area contributed by atoms with Crippen molar-refractivity contribution >= 4 is 28.8 Å². The summed E-state index contributed by atoms with van der Waals surface area (Å²) in [5.41, 5.74) is 4.23. The summed E-state index contributed by atoms with van der Waals surface area (Å²) in [4.78, 5) is 29.2. The number of benzene rings is 2. The number of carbonyl (C=O) groups is 2. The lowest BCUT2D eigenvalue weighted by Gasteiger charge is -2.05. The second-order valence-electron chi connectivity index (χ2n) is 6.36. The van der Waals surface area contributed by atoms with E-state index in [9.17, 15) is 9.59 Å². The molecule has 0 aliphatic rings. The van der Waals surface area contributed by atoms with Crippen LogP contribution >= 0.6 is 11.3 Å². The van der Waals surface area contributed by atoms with Crippen LogP contribution in [0.1, 0.15) is 33.4 Å². The fourth-order valence-electron chi connectivity index (χ4n) is 2.75. The Hall–Kier alpha value is -2.99. The Labute approximate surface area is 162 Å². The molecule has 0 saturated heterocycles. The number of thiazole rings is 1. The molecule has 0 bridgehead atoms. The summed E-state index contributed by atoms with van der Waals surface area (Å²) in [5, 5.41) is 6.44. The zero-order chi connectivity index (χ0) is 19.4. The van der Waals surface area contributed by atoms with Crippen LogP contribution in [0.4, 0.5) is 5.69 Å². The van der Waals surface area contributed by atoms with E-state index in [0.717, 1.165) is 26.6 Å². The maximum atomic E-state index is 12.6. The molecule has 0 aliphatic carbocycles. The first-order valence-electron chi connectivity index (χ1n) is 8.61. The highest BCUT2D eigenvalue weighted by molar-refractivity contribution is 7.15. The number of nitrogens with one attached hydrogen (secondary N) is 2. The van der Waals surface area contributed by atoms with Crippen LogP contribution in [-0.4, -0.2) is 16.8 Å². The van der Waals surface area contributed by atoms with Crippen molar-refractivity contribution in [3.05, 3.63) is 70.2 Å². The average Bonchev–Trinajstić information content (AvgIpc) is 3.01. The molecule has 0 saturated carbocycles. The van der Waals surface area contributed by atoms with Gasteiger partial charge >= 0.3 is 0 Å². The Morgan fingerprint density at radius 2 is 1.85 bits per heavy atom. The zero-order valence-corrected chi connectivity index (χ0v) is 16.3. The molecule has 3 aromatic rings. The molecule has 5 nitrogen and oxygen atoms in total. The molecule has 2 N–H and O–H groups in total. The average molecular weight is 379 g/mol.